The lowest BCUT2D eigenvalue weighted by Gasteiger charge is -2.28. The van der Waals surface area contributed by atoms with E-state index in [1.54, 1.807) is 0 Å². The normalized spacial score (nSPS) is 15.6. The molecule has 0 aromatic carbocycles. The number of anilines is 1. The molecule has 18 heavy (non-hydrogen) atoms. The lowest BCUT2D eigenvalue weighted by atomic mass is 10.3. The fourth-order valence-corrected chi connectivity index (χ4v) is 2.29. The summed E-state index contributed by atoms with van der Waals surface area (Å²) in [6.45, 7) is 2.64. The molecule has 1 fully saturated rings. The summed E-state index contributed by atoms with van der Waals surface area (Å²) in [6, 6.07) is 1.41. The highest BCUT2D eigenvalue weighted by Gasteiger charge is 2.23. The Balaban J connectivity index is 2.39. The van der Waals surface area contributed by atoms with E-state index in [9.17, 15) is 10.1 Å². The standard InChI is InChI=1S/C10H12BrN3O4/c1-17-10-8(14(15)16)6-7(11)9(12-10)13-2-4-18-5-3-13/h6H,2-5H2,1H3. The number of nitrogens with zero attached hydrogens (tertiary/aromatic N) is 3. The molecule has 98 valence electrons. The van der Waals surface area contributed by atoms with Crippen molar-refractivity contribution >= 4 is 27.4 Å². The molecular weight excluding hydrogens is 306 g/mol. The van der Waals surface area contributed by atoms with E-state index >= 15 is 0 Å². The highest BCUT2D eigenvalue weighted by Crippen LogP contribution is 2.34. The molecule has 1 aromatic heterocycles. The monoisotopic (exact) mass is 317 g/mol. The van der Waals surface area contributed by atoms with Gasteiger partial charge in [0.05, 0.1) is 29.7 Å². The fraction of sp³-hybridized carbons (Fsp3) is 0.500. The van der Waals surface area contributed by atoms with E-state index in [0.29, 0.717) is 36.6 Å². The molecule has 1 saturated heterocycles. The predicted octanol–water partition coefficient (Wildman–Crippen LogP) is 1.60. The minimum absolute atomic E-state index is 0.0182. The lowest BCUT2D eigenvalue weighted by Crippen LogP contribution is -2.37. The fourth-order valence-electron chi connectivity index (χ4n) is 1.73. The molecule has 8 heteroatoms. The summed E-state index contributed by atoms with van der Waals surface area (Å²) < 4.78 is 10.8. The Morgan fingerprint density at radius 3 is 2.78 bits per heavy atom. The third-order valence-corrected chi connectivity index (χ3v) is 3.19. The number of methoxy groups -OCH3 is 1. The van der Waals surface area contributed by atoms with Crippen LogP contribution in [-0.4, -0.2) is 43.3 Å². The van der Waals surface area contributed by atoms with Crippen molar-refractivity contribution in [2.75, 3.05) is 38.3 Å². The van der Waals surface area contributed by atoms with E-state index in [1.165, 1.54) is 13.2 Å². The van der Waals surface area contributed by atoms with Crippen LogP contribution in [0.2, 0.25) is 0 Å². The molecule has 1 aromatic rings. The highest BCUT2D eigenvalue weighted by molar-refractivity contribution is 9.10. The second kappa shape index (κ2) is 5.49. The van der Waals surface area contributed by atoms with Gasteiger partial charge in [-0.3, -0.25) is 10.1 Å². The van der Waals surface area contributed by atoms with Gasteiger partial charge < -0.3 is 14.4 Å². The second-order valence-electron chi connectivity index (χ2n) is 3.68. The first-order valence-electron chi connectivity index (χ1n) is 5.35. The first-order valence-corrected chi connectivity index (χ1v) is 6.14. The third-order valence-electron chi connectivity index (χ3n) is 2.60. The minimum atomic E-state index is -0.514. The number of hydrogen-bond acceptors (Lipinski definition) is 6. The van der Waals surface area contributed by atoms with Gasteiger partial charge in [-0.25, -0.2) is 0 Å². The average molecular weight is 318 g/mol. The molecular formula is C10H12BrN3O4. The van der Waals surface area contributed by atoms with Crippen LogP contribution in [-0.2, 0) is 4.74 Å². The Morgan fingerprint density at radius 2 is 2.22 bits per heavy atom. The van der Waals surface area contributed by atoms with Gasteiger partial charge in [-0.2, -0.15) is 4.98 Å². The Kier molecular flexibility index (Phi) is 3.97. The summed E-state index contributed by atoms with van der Waals surface area (Å²) >= 11 is 3.31. The van der Waals surface area contributed by atoms with Crippen LogP contribution < -0.4 is 9.64 Å². The van der Waals surface area contributed by atoms with Gasteiger partial charge >= 0.3 is 5.69 Å². The van der Waals surface area contributed by atoms with Crippen molar-refractivity contribution in [1.29, 1.82) is 0 Å². The van der Waals surface area contributed by atoms with Crippen molar-refractivity contribution in [3.05, 3.63) is 20.7 Å². The zero-order valence-corrected chi connectivity index (χ0v) is 11.3. The highest BCUT2D eigenvalue weighted by atomic mass is 79.9. The van der Waals surface area contributed by atoms with Gasteiger partial charge in [-0.05, 0) is 15.9 Å². The van der Waals surface area contributed by atoms with Gasteiger partial charge in [-0.15, -0.1) is 0 Å². The van der Waals surface area contributed by atoms with E-state index in [-0.39, 0.29) is 11.6 Å². The summed E-state index contributed by atoms with van der Waals surface area (Å²) in [5, 5.41) is 10.9. The molecule has 0 saturated carbocycles. The minimum Gasteiger partial charge on any atom is -0.476 e. The van der Waals surface area contributed by atoms with Crippen molar-refractivity contribution in [3.63, 3.8) is 0 Å². The molecule has 0 aliphatic carbocycles. The van der Waals surface area contributed by atoms with Crippen LogP contribution >= 0.6 is 15.9 Å². The Labute approximate surface area is 112 Å². The van der Waals surface area contributed by atoms with Crippen molar-refractivity contribution < 1.29 is 14.4 Å². The molecule has 0 radical (unpaired) electrons. The van der Waals surface area contributed by atoms with Crippen LogP contribution in [0.25, 0.3) is 0 Å². The average Bonchev–Trinajstić information content (AvgIpc) is 2.39. The lowest BCUT2D eigenvalue weighted by molar-refractivity contribution is -0.386. The first kappa shape index (κ1) is 13.0. The maximum atomic E-state index is 10.9. The van der Waals surface area contributed by atoms with Crippen LogP contribution in [0.4, 0.5) is 11.5 Å². The maximum Gasteiger partial charge on any atom is 0.332 e. The van der Waals surface area contributed by atoms with Gasteiger partial charge in [0.25, 0.3) is 5.88 Å². The summed E-state index contributed by atoms with van der Waals surface area (Å²) in [7, 11) is 1.37. The quantitative estimate of drug-likeness (QED) is 0.622. The number of nitro groups is 1. The largest absolute Gasteiger partial charge is 0.476 e. The molecule has 0 spiro atoms. The van der Waals surface area contributed by atoms with Gasteiger partial charge in [0, 0.05) is 19.2 Å². The number of hydrogen-bond donors (Lipinski definition) is 0. The molecule has 2 rings (SSSR count). The van der Waals surface area contributed by atoms with Crippen molar-refractivity contribution in [2.24, 2.45) is 0 Å². The number of ether oxygens (including phenoxy) is 2. The van der Waals surface area contributed by atoms with E-state index in [0.717, 1.165) is 0 Å². The molecule has 0 amide bonds. The molecule has 1 aliphatic heterocycles. The van der Waals surface area contributed by atoms with E-state index in [1.807, 2.05) is 4.90 Å². The van der Waals surface area contributed by atoms with Crippen molar-refractivity contribution in [3.8, 4) is 5.88 Å². The molecule has 2 heterocycles. The zero-order chi connectivity index (χ0) is 13.1. The van der Waals surface area contributed by atoms with E-state index in [2.05, 4.69) is 20.9 Å². The number of pyridine rings is 1. The predicted molar refractivity (Wildman–Crippen MR) is 68.2 cm³/mol. The summed E-state index contributed by atoms with van der Waals surface area (Å²) in [6.07, 6.45) is 0. The summed E-state index contributed by atoms with van der Waals surface area (Å²) in [4.78, 5) is 16.5. The van der Waals surface area contributed by atoms with Crippen LogP contribution in [0.5, 0.6) is 5.88 Å². The first-order chi connectivity index (χ1) is 8.63. The zero-order valence-electron chi connectivity index (χ0n) is 9.76. The SMILES string of the molecule is COc1nc(N2CCOCC2)c(Br)cc1[N+](=O)[O-]. The molecule has 0 atom stereocenters. The molecule has 7 nitrogen and oxygen atoms in total. The molecule has 1 aliphatic rings. The Hall–Kier alpha value is -1.41. The van der Waals surface area contributed by atoms with Crippen LogP contribution in [0, 0.1) is 10.1 Å². The molecule has 0 unspecified atom stereocenters. The van der Waals surface area contributed by atoms with Gasteiger partial charge in [-0.1, -0.05) is 0 Å². The third kappa shape index (κ3) is 2.54. The number of morpholine rings is 1. The van der Waals surface area contributed by atoms with Crippen LogP contribution in [0.1, 0.15) is 0 Å². The number of halogens is 1. The van der Waals surface area contributed by atoms with E-state index < -0.39 is 4.92 Å². The van der Waals surface area contributed by atoms with Gasteiger partial charge in [0.2, 0.25) is 0 Å². The summed E-state index contributed by atoms with van der Waals surface area (Å²) in [5.74, 6) is 0.658. The number of rotatable bonds is 3. The summed E-state index contributed by atoms with van der Waals surface area (Å²) in [5.41, 5.74) is -0.151. The Morgan fingerprint density at radius 1 is 1.56 bits per heavy atom. The van der Waals surface area contributed by atoms with Crippen LogP contribution in [0.3, 0.4) is 0 Å². The number of aromatic nitrogens is 1. The van der Waals surface area contributed by atoms with Crippen molar-refractivity contribution in [2.45, 2.75) is 0 Å². The van der Waals surface area contributed by atoms with E-state index in [4.69, 9.17) is 9.47 Å². The Bertz CT molecular complexity index is 463. The molecule has 0 bridgehead atoms. The maximum absolute atomic E-state index is 10.9. The smallest absolute Gasteiger partial charge is 0.332 e. The topological polar surface area (TPSA) is 77.7 Å². The van der Waals surface area contributed by atoms with Crippen molar-refractivity contribution in [1.82, 2.24) is 4.98 Å². The van der Waals surface area contributed by atoms with Crippen LogP contribution in [0.15, 0.2) is 10.5 Å². The van der Waals surface area contributed by atoms with Gasteiger partial charge in [0.1, 0.15) is 5.82 Å². The van der Waals surface area contributed by atoms with Gasteiger partial charge in [0.15, 0.2) is 0 Å². The second-order valence-corrected chi connectivity index (χ2v) is 4.53. The molecule has 0 N–H and O–H groups in total.